The molecular formula is C39H63N3O6. The Balaban J connectivity index is 0.000000637. The maximum Gasteiger partial charge on any atom is 0.336 e. The molecule has 0 amide bonds. The van der Waals surface area contributed by atoms with Crippen LogP contribution in [0.15, 0.2) is 18.2 Å². The van der Waals surface area contributed by atoms with Gasteiger partial charge >= 0.3 is 17.9 Å². The van der Waals surface area contributed by atoms with Gasteiger partial charge in [0.2, 0.25) is 0 Å². The first-order valence-corrected chi connectivity index (χ1v) is 18.8. The van der Waals surface area contributed by atoms with Gasteiger partial charge in [0, 0.05) is 0 Å². The highest BCUT2D eigenvalue weighted by atomic mass is 16.4. The van der Waals surface area contributed by atoms with E-state index in [4.69, 9.17) is 15.3 Å². The number of carboxylic acid groups (broad SMARTS) is 3. The third-order valence-electron chi connectivity index (χ3n) is 8.82. The predicted octanol–water partition coefficient (Wildman–Crippen LogP) is 10.5. The lowest BCUT2D eigenvalue weighted by Crippen LogP contribution is -2.10. The minimum absolute atomic E-state index is 0.266. The molecule has 1 aromatic heterocycles. The van der Waals surface area contributed by atoms with Gasteiger partial charge in [-0.25, -0.2) is 14.4 Å². The van der Waals surface area contributed by atoms with Crippen molar-refractivity contribution in [1.82, 2.24) is 15.4 Å². The van der Waals surface area contributed by atoms with Crippen LogP contribution < -0.4 is 0 Å². The van der Waals surface area contributed by atoms with E-state index < -0.39 is 29.0 Å². The number of carboxylic acids is 3. The Bertz CT molecular complexity index is 1150. The van der Waals surface area contributed by atoms with Gasteiger partial charge in [0.05, 0.1) is 28.1 Å². The van der Waals surface area contributed by atoms with Crippen LogP contribution in [0.4, 0.5) is 0 Å². The fourth-order valence-corrected chi connectivity index (χ4v) is 5.91. The summed E-state index contributed by atoms with van der Waals surface area (Å²) in [5.41, 5.74) is 2.76. The molecule has 0 saturated carbocycles. The minimum Gasteiger partial charge on any atom is -0.478 e. The van der Waals surface area contributed by atoms with E-state index in [2.05, 4.69) is 36.2 Å². The van der Waals surface area contributed by atoms with E-state index in [-0.39, 0.29) is 5.56 Å². The molecule has 0 unspecified atom stereocenters. The van der Waals surface area contributed by atoms with Crippen LogP contribution in [0.3, 0.4) is 0 Å². The number of aryl methyl sites for hydroxylation is 2. The zero-order valence-corrected chi connectivity index (χ0v) is 30.1. The topological polar surface area (TPSA) is 151 Å². The van der Waals surface area contributed by atoms with Crippen molar-refractivity contribution >= 4 is 17.9 Å². The van der Waals surface area contributed by atoms with Gasteiger partial charge in [0.1, 0.15) is 0 Å². The Labute approximate surface area is 289 Å². The van der Waals surface area contributed by atoms with Crippen molar-refractivity contribution in [2.24, 2.45) is 0 Å². The number of hydrogen-bond acceptors (Lipinski definition) is 6. The first-order chi connectivity index (χ1) is 23.3. The van der Waals surface area contributed by atoms with Crippen molar-refractivity contribution in [3.8, 4) is 0 Å². The average molecular weight is 670 g/mol. The number of benzene rings is 1. The van der Waals surface area contributed by atoms with Gasteiger partial charge in [0.25, 0.3) is 0 Å². The standard InChI is InChI=1S/C30H57N3.C9H6O6/c1-4-7-10-13-16-19-22-25-28-29(26-23-20-17-14-11-8-5-2)31-33-32-30(28)27-24-21-18-15-12-9-6-3;10-7(11)4-1-2-5(8(12)13)6(3-4)9(14)15/h4-27H2,1-3H3;1-3H,(H,10,11)(H,12,13)(H,14,15). The fourth-order valence-electron chi connectivity index (χ4n) is 5.91. The Hall–Kier alpha value is -3.36. The lowest BCUT2D eigenvalue weighted by Gasteiger charge is -2.12. The maximum absolute atomic E-state index is 10.6. The van der Waals surface area contributed by atoms with Crippen LogP contribution in [0, 0.1) is 0 Å². The lowest BCUT2D eigenvalue weighted by atomic mass is 9.96. The van der Waals surface area contributed by atoms with E-state index in [1.165, 1.54) is 152 Å². The van der Waals surface area contributed by atoms with E-state index in [9.17, 15) is 14.4 Å². The Morgan fingerprint density at radius 2 is 0.854 bits per heavy atom. The molecule has 2 aromatic rings. The fraction of sp³-hybridized carbons (Fsp3) is 0.692. The molecule has 0 aliphatic rings. The summed E-state index contributed by atoms with van der Waals surface area (Å²) in [5.74, 6) is -4.20. The van der Waals surface area contributed by atoms with E-state index in [1.807, 2.05) is 0 Å². The highest BCUT2D eigenvalue weighted by Crippen LogP contribution is 2.20. The summed E-state index contributed by atoms with van der Waals surface area (Å²) in [4.78, 5) is 31.8. The maximum atomic E-state index is 10.6. The Kier molecular flexibility index (Phi) is 24.5. The quantitative estimate of drug-likeness (QED) is 0.0789. The second-order valence-electron chi connectivity index (χ2n) is 13.0. The molecule has 1 heterocycles. The highest BCUT2D eigenvalue weighted by molar-refractivity contribution is 6.03. The second-order valence-corrected chi connectivity index (χ2v) is 13.0. The lowest BCUT2D eigenvalue weighted by molar-refractivity contribution is 0.0649. The van der Waals surface area contributed by atoms with Crippen molar-refractivity contribution < 1.29 is 29.7 Å². The summed E-state index contributed by atoms with van der Waals surface area (Å²) in [6.07, 6.45) is 31.8. The third-order valence-corrected chi connectivity index (χ3v) is 8.82. The minimum atomic E-state index is -1.48. The van der Waals surface area contributed by atoms with Crippen molar-refractivity contribution in [2.45, 2.75) is 175 Å². The molecule has 9 heteroatoms. The SMILES string of the molecule is CCCCCCCCCc1nnnc(CCCCCCCCC)c1CCCCCCCCC.O=C(O)c1ccc(C(=O)O)c(C(=O)O)c1. The van der Waals surface area contributed by atoms with Crippen molar-refractivity contribution in [3.63, 3.8) is 0 Å². The molecule has 2 rings (SSSR count). The monoisotopic (exact) mass is 669 g/mol. The number of nitrogens with zero attached hydrogens (tertiary/aromatic N) is 3. The molecule has 0 saturated heterocycles. The highest BCUT2D eigenvalue weighted by Gasteiger charge is 2.18. The van der Waals surface area contributed by atoms with Crippen LogP contribution in [0.2, 0.25) is 0 Å². The zero-order chi connectivity index (χ0) is 35.4. The van der Waals surface area contributed by atoms with Gasteiger partial charge in [-0.05, 0) is 67.5 Å². The van der Waals surface area contributed by atoms with Gasteiger partial charge < -0.3 is 15.3 Å². The van der Waals surface area contributed by atoms with Crippen LogP contribution in [-0.2, 0) is 19.3 Å². The van der Waals surface area contributed by atoms with Gasteiger partial charge in [-0.1, -0.05) is 136 Å². The average Bonchev–Trinajstić information content (AvgIpc) is 3.07. The Morgan fingerprint density at radius 1 is 0.479 bits per heavy atom. The third kappa shape index (κ3) is 18.8. The molecule has 1 aromatic carbocycles. The number of rotatable bonds is 27. The van der Waals surface area contributed by atoms with E-state index in [0.717, 1.165) is 37.5 Å². The molecular weight excluding hydrogens is 606 g/mol. The summed E-state index contributed by atoms with van der Waals surface area (Å²) in [6.45, 7) is 6.88. The normalized spacial score (nSPS) is 10.8. The van der Waals surface area contributed by atoms with Crippen molar-refractivity contribution in [2.75, 3.05) is 0 Å². The van der Waals surface area contributed by atoms with Crippen LogP contribution in [0.1, 0.15) is 204 Å². The van der Waals surface area contributed by atoms with Crippen LogP contribution in [0.5, 0.6) is 0 Å². The van der Waals surface area contributed by atoms with E-state index >= 15 is 0 Å². The number of carbonyl (C=O) groups is 3. The largest absolute Gasteiger partial charge is 0.478 e. The number of aromatic nitrogens is 3. The first kappa shape index (κ1) is 42.7. The van der Waals surface area contributed by atoms with Gasteiger partial charge in [-0.2, -0.15) is 0 Å². The Morgan fingerprint density at radius 3 is 1.23 bits per heavy atom. The molecule has 0 radical (unpaired) electrons. The molecule has 0 bridgehead atoms. The molecule has 0 atom stereocenters. The molecule has 0 fully saturated rings. The van der Waals surface area contributed by atoms with Gasteiger partial charge in [-0.3, -0.25) is 0 Å². The summed E-state index contributed by atoms with van der Waals surface area (Å²) in [6, 6.07) is 2.81. The summed E-state index contributed by atoms with van der Waals surface area (Å²) in [7, 11) is 0. The molecule has 0 aliphatic carbocycles. The summed E-state index contributed by atoms with van der Waals surface area (Å²) >= 11 is 0. The van der Waals surface area contributed by atoms with Crippen LogP contribution in [-0.4, -0.2) is 48.6 Å². The van der Waals surface area contributed by atoms with E-state index in [0.29, 0.717) is 0 Å². The van der Waals surface area contributed by atoms with Gasteiger partial charge in [0.15, 0.2) is 0 Å². The number of unbranched alkanes of at least 4 members (excludes halogenated alkanes) is 18. The molecule has 270 valence electrons. The van der Waals surface area contributed by atoms with Crippen molar-refractivity contribution in [1.29, 1.82) is 0 Å². The predicted molar refractivity (Wildman–Crippen MR) is 192 cm³/mol. The van der Waals surface area contributed by atoms with Crippen LogP contribution in [0.25, 0.3) is 0 Å². The molecule has 9 nitrogen and oxygen atoms in total. The molecule has 3 N–H and O–H groups in total. The summed E-state index contributed by atoms with van der Waals surface area (Å²) < 4.78 is 0. The molecule has 48 heavy (non-hydrogen) atoms. The molecule has 0 aliphatic heterocycles. The zero-order valence-electron chi connectivity index (χ0n) is 30.1. The summed E-state index contributed by atoms with van der Waals surface area (Å²) in [5, 5.41) is 39.2. The number of aromatic carboxylic acids is 3. The van der Waals surface area contributed by atoms with Crippen LogP contribution >= 0.6 is 0 Å². The van der Waals surface area contributed by atoms with Crippen molar-refractivity contribution in [3.05, 3.63) is 51.8 Å². The molecule has 0 spiro atoms. The number of hydrogen-bond donors (Lipinski definition) is 3. The van der Waals surface area contributed by atoms with E-state index in [1.54, 1.807) is 0 Å². The smallest absolute Gasteiger partial charge is 0.336 e. The first-order valence-electron chi connectivity index (χ1n) is 18.8. The second kappa shape index (κ2) is 27.6. The van der Waals surface area contributed by atoms with Gasteiger partial charge in [-0.15, -0.1) is 10.2 Å².